The number of amides is 1. The number of para-hydroxylation sites is 1. The highest BCUT2D eigenvalue weighted by Crippen LogP contribution is 2.35. The predicted octanol–water partition coefficient (Wildman–Crippen LogP) is 2.92. The lowest BCUT2D eigenvalue weighted by Gasteiger charge is -2.25. The second kappa shape index (κ2) is 4.89. The number of hydrogen-bond acceptors (Lipinski definition) is 3. The minimum Gasteiger partial charge on any atom is -0.397 e. The van der Waals surface area contributed by atoms with Gasteiger partial charge >= 0.3 is 0 Å². The third kappa shape index (κ3) is 2.20. The second-order valence-corrected chi connectivity index (χ2v) is 5.01. The van der Waals surface area contributed by atoms with E-state index in [9.17, 15) is 4.79 Å². The van der Waals surface area contributed by atoms with E-state index in [1.807, 2.05) is 43.4 Å². The molecule has 0 radical (unpaired) electrons. The largest absolute Gasteiger partial charge is 0.397 e. The lowest BCUT2D eigenvalue weighted by atomic mass is 10.0. The molecule has 20 heavy (non-hydrogen) atoms. The van der Waals surface area contributed by atoms with E-state index in [1.54, 1.807) is 0 Å². The Labute approximate surface area is 118 Å². The third-order valence-corrected chi connectivity index (χ3v) is 3.65. The average Bonchev–Trinajstić information content (AvgIpc) is 2.46. The average molecular weight is 267 g/mol. The molecule has 0 aromatic heterocycles. The molecule has 0 atom stereocenters. The Bertz CT molecular complexity index is 652. The molecule has 1 amide bonds. The van der Waals surface area contributed by atoms with Gasteiger partial charge in [-0.1, -0.05) is 18.2 Å². The van der Waals surface area contributed by atoms with Gasteiger partial charge in [0, 0.05) is 24.8 Å². The van der Waals surface area contributed by atoms with E-state index in [1.165, 1.54) is 0 Å². The molecule has 3 rings (SSSR count). The summed E-state index contributed by atoms with van der Waals surface area (Å²) in [6.45, 7) is 0. The van der Waals surface area contributed by atoms with E-state index in [2.05, 4.69) is 16.3 Å². The minimum atomic E-state index is 0.0565. The summed E-state index contributed by atoms with van der Waals surface area (Å²) in [4.78, 5) is 13.5. The van der Waals surface area contributed by atoms with Crippen LogP contribution in [0.4, 0.5) is 22.7 Å². The van der Waals surface area contributed by atoms with Gasteiger partial charge in [-0.3, -0.25) is 4.79 Å². The summed E-state index contributed by atoms with van der Waals surface area (Å²) in [7, 11) is 1.99. The van der Waals surface area contributed by atoms with Gasteiger partial charge in [0.05, 0.1) is 11.4 Å². The molecule has 2 aromatic rings. The molecule has 1 aliphatic rings. The number of anilines is 4. The lowest BCUT2D eigenvalue weighted by molar-refractivity contribution is -0.116. The topological polar surface area (TPSA) is 58.4 Å². The number of carbonyl (C=O) groups is 1. The zero-order chi connectivity index (χ0) is 14.1. The van der Waals surface area contributed by atoms with Crippen LogP contribution >= 0.6 is 0 Å². The number of benzene rings is 2. The van der Waals surface area contributed by atoms with Crippen LogP contribution in [-0.4, -0.2) is 13.0 Å². The number of aryl methyl sites for hydroxylation is 1. The van der Waals surface area contributed by atoms with E-state index in [0.717, 1.165) is 29.0 Å². The molecule has 0 bridgehead atoms. The first-order valence-corrected chi connectivity index (χ1v) is 6.66. The molecular formula is C16H17N3O. The molecule has 3 N–H and O–H groups in total. The summed E-state index contributed by atoms with van der Waals surface area (Å²) in [5.74, 6) is 0.0565. The first-order valence-electron chi connectivity index (χ1n) is 6.66. The quantitative estimate of drug-likeness (QED) is 0.822. The standard InChI is InChI=1S/C16H17N3O/c1-19(12-5-3-2-4-6-12)15-9-11-7-8-16(20)18-14(11)10-13(15)17/h2-6,9-10H,7-8,17H2,1H3,(H,18,20). The van der Waals surface area contributed by atoms with Crippen molar-refractivity contribution >= 4 is 28.7 Å². The van der Waals surface area contributed by atoms with E-state index in [4.69, 9.17) is 5.73 Å². The van der Waals surface area contributed by atoms with Crippen LogP contribution in [0.3, 0.4) is 0 Å². The van der Waals surface area contributed by atoms with Crippen molar-refractivity contribution in [1.82, 2.24) is 0 Å². The van der Waals surface area contributed by atoms with Crippen LogP contribution in [0, 0.1) is 0 Å². The monoisotopic (exact) mass is 267 g/mol. The van der Waals surface area contributed by atoms with Crippen LogP contribution in [0.5, 0.6) is 0 Å². The van der Waals surface area contributed by atoms with Gasteiger partial charge in [-0.2, -0.15) is 0 Å². The van der Waals surface area contributed by atoms with Crippen molar-refractivity contribution in [3.05, 3.63) is 48.0 Å². The maximum Gasteiger partial charge on any atom is 0.224 e. The molecule has 0 spiro atoms. The Kier molecular flexibility index (Phi) is 3.06. The van der Waals surface area contributed by atoms with Crippen LogP contribution in [0.15, 0.2) is 42.5 Å². The number of nitrogen functional groups attached to an aromatic ring is 1. The van der Waals surface area contributed by atoms with Crippen LogP contribution in [0.2, 0.25) is 0 Å². The zero-order valence-electron chi connectivity index (χ0n) is 11.4. The number of rotatable bonds is 2. The highest BCUT2D eigenvalue weighted by molar-refractivity contribution is 5.96. The van der Waals surface area contributed by atoms with Crippen LogP contribution in [0.25, 0.3) is 0 Å². The van der Waals surface area contributed by atoms with Gasteiger partial charge < -0.3 is 16.0 Å². The fraction of sp³-hybridized carbons (Fsp3) is 0.188. The number of fused-ring (bicyclic) bond motifs is 1. The number of nitrogens with one attached hydrogen (secondary N) is 1. The van der Waals surface area contributed by atoms with Crippen LogP contribution in [0.1, 0.15) is 12.0 Å². The van der Waals surface area contributed by atoms with Gasteiger partial charge in [0.15, 0.2) is 0 Å². The molecule has 4 heteroatoms. The Hall–Kier alpha value is -2.49. The van der Waals surface area contributed by atoms with Crippen LogP contribution in [-0.2, 0) is 11.2 Å². The number of hydrogen-bond donors (Lipinski definition) is 2. The van der Waals surface area contributed by atoms with Crippen molar-refractivity contribution in [3.8, 4) is 0 Å². The summed E-state index contributed by atoms with van der Waals surface area (Å²) in [5.41, 5.74) is 10.8. The Morgan fingerprint density at radius 2 is 1.90 bits per heavy atom. The molecule has 2 aromatic carbocycles. The van der Waals surface area contributed by atoms with E-state index < -0.39 is 0 Å². The second-order valence-electron chi connectivity index (χ2n) is 5.01. The number of nitrogens with two attached hydrogens (primary N) is 1. The highest BCUT2D eigenvalue weighted by Gasteiger charge is 2.18. The molecule has 0 saturated carbocycles. The van der Waals surface area contributed by atoms with Gasteiger partial charge in [0.1, 0.15) is 0 Å². The SMILES string of the molecule is CN(c1ccccc1)c1cc2c(cc1N)NC(=O)CC2. The molecule has 4 nitrogen and oxygen atoms in total. The normalized spacial score (nSPS) is 13.6. The maximum absolute atomic E-state index is 11.4. The smallest absolute Gasteiger partial charge is 0.224 e. The summed E-state index contributed by atoms with van der Waals surface area (Å²) in [6.07, 6.45) is 1.29. The van der Waals surface area contributed by atoms with Gasteiger partial charge in [0.2, 0.25) is 5.91 Å². The van der Waals surface area contributed by atoms with Crippen LogP contribution < -0.4 is 16.0 Å². The summed E-state index contributed by atoms with van der Waals surface area (Å²) < 4.78 is 0. The van der Waals surface area contributed by atoms with Crippen molar-refractivity contribution in [2.75, 3.05) is 23.0 Å². The van der Waals surface area contributed by atoms with Gasteiger partial charge in [0.25, 0.3) is 0 Å². The molecule has 0 saturated heterocycles. The van der Waals surface area contributed by atoms with E-state index in [0.29, 0.717) is 12.1 Å². The van der Waals surface area contributed by atoms with E-state index >= 15 is 0 Å². The van der Waals surface area contributed by atoms with Gasteiger partial charge in [-0.25, -0.2) is 0 Å². The van der Waals surface area contributed by atoms with Crippen molar-refractivity contribution < 1.29 is 4.79 Å². The number of nitrogens with zero attached hydrogens (tertiary/aromatic N) is 1. The fourth-order valence-corrected chi connectivity index (χ4v) is 2.51. The number of carbonyl (C=O) groups excluding carboxylic acids is 1. The van der Waals surface area contributed by atoms with Crippen molar-refractivity contribution in [2.24, 2.45) is 0 Å². The molecule has 0 aliphatic carbocycles. The fourth-order valence-electron chi connectivity index (χ4n) is 2.51. The highest BCUT2D eigenvalue weighted by atomic mass is 16.1. The summed E-state index contributed by atoms with van der Waals surface area (Å²) >= 11 is 0. The minimum absolute atomic E-state index is 0.0565. The molecule has 1 heterocycles. The maximum atomic E-state index is 11.4. The van der Waals surface area contributed by atoms with Gasteiger partial charge in [-0.05, 0) is 36.2 Å². The molecule has 1 aliphatic heterocycles. The Morgan fingerprint density at radius 3 is 2.65 bits per heavy atom. The Balaban J connectivity index is 2.00. The summed E-state index contributed by atoms with van der Waals surface area (Å²) in [5, 5.41) is 2.87. The first kappa shape index (κ1) is 12.5. The molecule has 0 unspecified atom stereocenters. The predicted molar refractivity (Wildman–Crippen MR) is 82.3 cm³/mol. The third-order valence-electron chi connectivity index (χ3n) is 3.65. The van der Waals surface area contributed by atoms with Crippen molar-refractivity contribution in [2.45, 2.75) is 12.8 Å². The van der Waals surface area contributed by atoms with E-state index in [-0.39, 0.29) is 5.91 Å². The zero-order valence-corrected chi connectivity index (χ0v) is 11.4. The lowest BCUT2D eigenvalue weighted by Crippen LogP contribution is -2.20. The van der Waals surface area contributed by atoms with Crippen molar-refractivity contribution in [1.29, 1.82) is 0 Å². The first-order chi connectivity index (χ1) is 9.65. The molecule has 102 valence electrons. The molecular weight excluding hydrogens is 250 g/mol. The van der Waals surface area contributed by atoms with Crippen molar-refractivity contribution in [3.63, 3.8) is 0 Å². The summed E-state index contributed by atoms with van der Waals surface area (Å²) in [6, 6.07) is 14.0. The Morgan fingerprint density at radius 1 is 1.15 bits per heavy atom. The molecule has 0 fully saturated rings. The van der Waals surface area contributed by atoms with Gasteiger partial charge in [-0.15, -0.1) is 0 Å².